The smallest absolute Gasteiger partial charge is 0.543 e. The van der Waals surface area contributed by atoms with Crippen LogP contribution < -0.4 is 34.7 Å². The summed E-state index contributed by atoms with van der Waals surface area (Å²) in [6.45, 7) is 0.461. The predicted octanol–water partition coefficient (Wildman–Crippen LogP) is -3.83. The largest absolute Gasteiger partial charge is 1.00 e. The number of likely N-dealkylation sites (tertiary alicyclic amines) is 1. The average Bonchev–Trinajstić information content (AvgIpc) is 2.95. The van der Waals surface area contributed by atoms with E-state index in [1.54, 1.807) is 30.5 Å². The first-order chi connectivity index (χ1) is 11.6. The van der Waals surface area contributed by atoms with Crippen molar-refractivity contribution in [1.29, 1.82) is 0 Å². The van der Waals surface area contributed by atoms with Crippen molar-refractivity contribution in [3.05, 3.63) is 47.4 Å². The van der Waals surface area contributed by atoms with Crippen LogP contribution in [-0.2, 0) is 14.4 Å². The van der Waals surface area contributed by atoms with Crippen LogP contribution in [-0.4, -0.2) is 51.7 Å². The first-order valence-corrected chi connectivity index (χ1v) is 7.69. The van der Waals surface area contributed by atoms with Crippen LogP contribution in [0.1, 0.15) is 12.1 Å². The molecular formula is C17H14N3NaO4. The van der Waals surface area contributed by atoms with Gasteiger partial charge in [-0.1, -0.05) is 12.1 Å². The van der Waals surface area contributed by atoms with Crippen LogP contribution in [0.25, 0.3) is 6.08 Å². The summed E-state index contributed by atoms with van der Waals surface area (Å²) < 4.78 is 0. The van der Waals surface area contributed by atoms with Crippen molar-refractivity contribution in [2.24, 2.45) is 5.92 Å². The summed E-state index contributed by atoms with van der Waals surface area (Å²) in [5, 5.41) is 11.6. The third kappa shape index (κ3) is 2.72. The van der Waals surface area contributed by atoms with Gasteiger partial charge in [-0.2, -0.15) is 0 Å². The maximum atomic E-state index is 12.3. The monoisotopic (exact) mass is 347 g/mol. The van der Waals surface area contributed by atoms with E-state index in [-0.39, 0.29) is 53.1 Å². The van der Waals surface area contributed by atoms with Gasteiger partial charge >= 0.3 is 29.6 Å². The van der Waals surface area contributed by atoms with Crippen molar-refractivity contribution in [2.45, 2.75) is 18.5 Å². The number of β-lactam (4-membered cyclic amide) rings is 1. The molecule has 8 heteroatoms. The molecule has 0 bridgehead atoms. The molecule has 3 aliphatic heterocycles. The Kier molecular flexibility index (Phi) is 4.81. The maximum Gasteiger partial charge on any atom is 1.00 e. The Morgan fingerprint density at radius 3 is 2.76 bits per heavy atom. The van der Waals surface area contributed by atoms with Crippen LogP contribution >= 0.6 is 0 Å². The molecule has 2 fully saturated rings. The Labute approximate surface area is 166 Å². The Bertz CT molecular complexity index is 792. The minimum absolute atomic E-state index is 0. The van der Waals surface area contributed by atoms with Gasteiger partial charge in [0.05, 0.1) is 23.4 Å². The van der Waals surface area contributed by atoms with Crippen LogP contribution in [0.4, 0.5) is 0 Å². The fourth-order valence-electron chi connectivity index (χ4n) is 3.92. The number of carboxylic acids is 1. The molecule has 4 heterocycles. The van der Waals surface area contributed by atoms with Crippen LogP contribution in [0.3, 0.4) is 0 Å². The maximum absolute atomic E-state index is 12.3. The van der Waals surface area contributed by atoms with E-state index < -0.39 is 12.0 Å². The molecule has 0 saturated carbocycles. The Balaban J connectivity index is 0.00000182. The number of carbonyl (C=O) groups is 3. The molecular weight excluding hydrogens is 333 g/mol. The van der Waals surface area contributed by atoms with E-state index in [0.717, 1.165) is 0 Å². The second-order valence-electron chi connectivity index (χ2n) is 6.16. The second kappa shape index (κ2) is 6.74. The molecule has 0 N–H and O–H groups in total. The van der Waals surface area contributed by atoms with Crippen molar-refractivity contribution in [1.82, 2.24) is 14.8 Å². The summed E-state index contributed by atoms with van der Waals surface area (Å²) in [5.74, 6) is -1.67. The molecule has 3 atom stereocenters. The van der Waals surface area contributed by atoms with Gasteiger partial charge in [0, 0.05) is 18.7 Å². The van der Waals surface area contributed by atoms with E-state index in [2.05, 4.69) is 4.98 Å². The minimum atomic E-state index is -1.37. The Hall–Kier alpha value is -1.96. The van der Waals surface area contributed by atoms with Gasteiger partial charge in [0.1, 0.15) is 6.04 Å². The number of allylic oxidation sites excluding steroid dienone is 2. The number of carbonyl (C=O) groups excluding carboxylic acids is 3. The summed E-state index contributed by atoms with van der Waals surface area (Å²) in [7, 11) is 0. The van der Waals surface area contributed by atoms with Crippen LogP contribution in [0, 0.1) is 5.92 Å². The van der Waals surface area contributed by atoms with Crippen molar-refractivity contribution < 1.29 is 49.0 Å². The average molecular weight is 347 g/mol. The molecule has 7 nitrogen and oxygen atoms in total. The Morgan fingerprint density at radius 1 is 1.32 bits per heavy atom. The third-order valence-corrected chi connectivity index (χ3v) is 4.90. The quantitative estimate of drug-likeness (QED) is 0.316. The van der Waals surface area contributed by atoms with Gasteiger partial charge in [-0.15, -0.1) is 0 Å². The number of aliphatic carboxylic acids is 1. The van der Waals surface area contributed by atoms with E-state index in [4.69, 9.17) is 0 Å². The van der Waals surface area contributed by atoms with Gasteiger partial charge in [-0.05, 0) is 30.2 Å². The van der Waals surface area contributed by atoms with E-state index in [1.807, 2.05) is 6.07 Å². The van der Waals surface area contributed by atoms with Gasteiger partial charge in [-0.3, -0.25) is 14.6 Å². The molecule has 4 rings (SSSR count). The van der Waals surface area contributed by atoms with Gasteiger partial charge < -0.3 is 19.7 Å². The van der Waals surface area contributed by atoms with Crippen molar-refractivity contribution >= 4 is 24.4 Å². The van der Waals surface area contributed by atoms with Gasteiger partial charge in [0.15, 0.2) is 0 Å². The summed E-state index contributed by atoms with van der Waals surface area (Å²) in [4.78, 5) is 42.0. The summed E-state index contributed by atoms with van der Waals surface area (Å²) in [5.41, 5.74) is 1.14. The molecule has 0 radical (unpaired) electrons. The van der Waals surface area contributed by atoms with E-state index in [9.17, 15) is 19.5 Å². The van der Waals surface area contributed by atoms with Crippen LogP contribution in [0.2, 0.25) is 0 Å². The van der Waals surface area contributed by atoms with Crippen LogP contribution in [0.15, 0.2) is 41.7 Å². The third-order valence-electron chi connectivity index (χ3n) is 4.90. The molecule has 0 aliphatic carbocycles. The van der Waals surface area contributed by atoms with Crippen molar-refractivity contribution in [3.8, 4) is 0 Å². The second-order valence-corrected chi connectivity index (χ2v) is 6.16. The molecule has 122 valence electrons. The SMILES string of the molecule is O=CN1CC2CC(/C=C/c3ccccn3)=C(C(=O)[O-])N3C(=O)C1[C@@H]23.[Na+]. The number of aromatic nitrogens is 1. The van der Waals surface area contributed by atoms with Gasteiger partial charge in [0.2, 0.25) is 6.41 Å². The van der Waals surface area contributed by atoms with Crippen molar-refractivity contribution in [2.75, 3.05) is 6.54 Å². The zero-order chi connectivity index (χ0) is 16.8. The van der Waals surface area contributed by atoms with Crippen LogP contribution in [0.5, 0.6) is 0 Å². The number of amides is 2. The number of hydrogen-bond acceptors (Lipinski definition) is 5. The molecule has 1 aromatic heterocycles. The summed E-state index contributed by atoms with van der Waals surface area (Å²) in [6.07, 6.45) is 6.19. The first-order valence-electron chi connectivity index (χ1n) is 7.69. The molecule has 0 spiro atoms. The topological polar surface area (TPSA) is 93.6 Å². The fourth-order valence-corrected chi connectivity index (χ4v) is 3.92. The standard InChI is InChI=1S/C17H15N3O4.Na/c21-9-19-8-11-7-10(4-5-12-3-1-2-6-18-12)14(17(23)24)20-13(11)15(19)16(20)22;/h1-6,9,11,13,15H,7-8H2,(H,23,24);/q;+1/p-1/b5-4+;/t11?,13-,15?;/m1./s1. The number of rotatable bonds is 4. The normalized spacial score (nSPS) is 27.0. The first kappa shape index (κ1) is 17.8. The molecule has 2 amide bonds. The minimum Gasteiger partial charge on any atom is -0.543 e. The number of hydrogen-bond donors (Lipinski definition) is 0. The molecule has 1 aromatic rings. The molecule has 2 saturated heterocycles. The summed E-state index contributed by atoms with van der Waals surface area (Å²) >= 11 is 0. The number of nitrogens with zero attached hydrogens (tertiary/aromatic N) is 3. The van der Waals surface area contributed by atoms with E-state index >= 15 is 0 Å². The van der Waals surface area contributed by atoms with Gasteiger partial charge in [-0.25, -0.2) is 0 Å². The Morgan fingerprint density at radius 2 is 2.12 bits per heavy atom. The molecule has 3 aliphatic rings. The number of pyridine rings is 1. The zero-order valence-electron chi connectivity index (χ0n) is 13.7. The fraction of sp³-hybridized carbons (Fsp3) is 0.294. The van der Waals surface area contributed by atoms with Crippen molar-refractivity contribution in [3.63, 3.8) is 0 Å². The molecule has 2 unspecified atom stereocenters. The molecule has 0 aromatic carbocycles. The van der Waals surface area contributed by atoms with Gasteiger partial charge in [0.25, 0.3) is 5.91 Å². The molecule has 25 heavy (non-hydrogen) atoms. The predicted molar refractivity (Wildman–Crippen MR) is 80.6 cm³/mol. The summed E-state index contributed by atoms with van der Waals surface area (Å²) in [6, 6.07) is 4.65. The number of carboxylic acid groups (broad SMARTS) is 1. The van der Waals surface area contributed by atoms with E-state index in [0.29, 0.717) is 30.6 Å². The van der Waals surface area contributed by atoms with E-state index in [1.165, 1.54) is 9.80 Å². The zero-order valence-corrected chi connectivity index (χ0v) is 15.7.